The molecule has 1 saturated heterocycles. The Morgan fingerprint density at radius 2 is 2.00 bits per heavy atom. The molecule has 0 spiro atoms. The second-order valence-corrected chi connectivity index (χ2v) is 7.08. The van der Waals surface area contributed by atoms with Gasteiger partial charge in [-0.2, -0.15) is 5.10 Å². The number of aromatic nitrogens is 2. The maximum absolute atomic E-state index is 9.54. The topological polar surface area (TPSA) is 56.5 Å². The zero-order valence-corrected chi connectivity index (χ0v) is 15.6. The Labute approximate surface area is 163 Å². The molecule has 1 aliphatic heterocycles. The Kier molecular flexibility index (Phi) is 5.43. The summed E-state index contributed by atoms with van der Waals surface area (Å²) in [4.78, 5) is 0. The molecule has 1 aromatic heterocycles. The van der Waals surface area contributed by atoms with E-state index >= 15 is 0 Å². The number of hydrogen-bond donors (Lipinski definition) is 1. The van der Waals surface area contributed by atoms with Crippen molar-refractivity contribution < 1.29 is 14.6 Å². The highest BCUT2D eigenvalue weighted by Gasteiger charge is 2.19. The van der Waals surface area contributed by atoms with E-state index in [1.165, 1.54) is 0 Å². The number of aliphatic hydroxyl groups excluding tert-OH is 1. The highest BCUT2D eigenvalue weighted by Crippen LogP contribution is 2.27. The first-order valence-electron chi connectivity index (χ1n) is 8.95. The molecule has 0 aliphatic carbocycles. The van der Waals surface area contributed by atoms with Gasteiger partial charge in [0.2, 0.25) is 0 Å². The number of nitrogens with zero attached hydrogens (tertiary/aromatic N) is 2. The molecule has 5 nitrogen and oxygen atoms in total. The van der Waals surface area contributed by atoms with E-state index in [-0.39, 0.29) is 6.61 Å². The molecule has 0 bridgehead atoms. The van der Waals surface area contributed by atoms with Gasteiger partial charge in [0.1, 0.15) is 5.75 Å². The number of aliphatic hydroxyl groups is 1. The SMILES string of the molecule is OCc1cc(-c2cccc(OCC3COC3)c2)n(Cc2ccccc2Cl)n1. The summed E-state index contributed by atoms with van der Waals surface area (Å²) in [6, 6.07) is 17.5. The van der Waals surface area contributed by atoms with Crippen molar-refractivity contribution in [3.05, 3.63) is 70.9 Å². The Balaban J connectivity index is 1.60. The second kappa shape index (κ2) is 8.13. The fraction of sp³-hybridized carbons (Fsp3) is 0.286. The average Bonchev–Trinajstić information content (AvgIpc) is 3.06. The van der Waals surface area contributed by atoms with Gasteiger partial charge in [-0.15, -0.1) is 0 Å². The summed E-state index contributed by atoms with van der Waals surface area (Å²) in [6.45, 7) is 2.61. The van der Waals surface area contributed by atoms with E-state index in [9.17, 15) is 5.11 Å². The highest BCUT2D eigenvalue weighted by atomic mass is 35.5. The van der Waals surface area contributed by atoms with Gasteiger partial charge in [0, 0.05) is 16.5 Å². The van der Waals surface area contributed by atoms with E-state index < -0.39 is 0 Å². The molecule has 0 saturated carbocycles. The summed E-state index contributed by atoms with van der Waals surface area (Å²) in [5.41, 5.74) is 3.49. The predicted molar refractivity (Wildman–Crippen MR) is 104 cm³/mol. The first-order valence-corrected chi connectivity index (χ1v) is 9.32. The van der Waals surface area contributed by atoms with E-state index in [4.69, 9.17) is 21.1 Å². The number of rotatable bonds is 7. The van der Waals surface area contributed by atoms with Crippen LogP contribution < -0.4 is 4.74 Å². The molecule has 0 radical (unpaired) electrons. The van der Waals surface area contributed by atoms with Gasteiger partial charge in [-0.25, -0.2) is 0 Å². The third-order valence-electron chi connectivity index (χ3n) is 4.59. The van der Waals surface area contributed by atoms with Gasteiger partial charge in [-0.05, 0) is 29.8 Å². The summed E-state index contributed by atoms with van der Waals surface area (Å²) in [7, 11) is 0. The highest BCUT2D eigenvalue weighted by molar-refractivity contribution is 6.31. The smallest absolute Gasteiger partial charge is 0.119 e. The van der Waals surface area contributed by atoms with Crippen LogP contribution in [0.5, 0.6) is 5.75 Å². The Morgan fingerprint density at radius 3 is 2.74 bits per heavy atom. The number of benzene rings is 2. The lowest BCUT2D eigenvalue weighted by Crippen LogP contribution is -2.32. The standard InChI is InChI=1S/C21H21ClN2O3/c22-20-7-2-1-4-17(20)10-24-21(9-18(11-25)23-24)16-5-3-6-19(8-16)27-14-15-12-26-13-15/h1-9,15,25H,10-14H2. The van der Waals surface area contributed by atoms with Crippen molar-refractivity contribution in [3.8, 4) is 17.0 Å². The predicted octanol–water partition coefficient (Wildman–Crippen LogP) is 3.77. The molecule has 4 rings (SSSR count). The molecule has 0 amide bonds. The van der Waals surface area contributed by atoms with E-state index in [0.29, 0.717) is 29.8 Å². The maximum atomic E-state index is 9.54. The van der Waals surface area contributed by atoms with Crippen molar-refractivity contribution in [2.75, 3.05) is 19.8 Å². The molecule has 1 aliphatic rings. The van der Waals surface area contributed by atoms with Gasteiger partial charge in [0.25, 0.3) is 0 Å². The van der Waals surface area contributed by atoms with Crippen molar-refractivity contribution in [2.24, 2.45) is 5.92 Å². The first kappa shape index (κ1) is 18.0. The van der Waals surface area contributed by atoms with Crippen LogP contribution >= 0.6 is 11.6 Å². The zero-order chi connectivity index (χ0) is 18.6. The third kappa shape index (κ3) is 4.16. The van der Waals surface area contributed by atoms with Crippen LogP contribution in [0.1, 0.15) is 11.3 Å². The van der Waals surface area contributed by atoms with Crippen LogP contribution in [0.15, 0.2) is 54.6 Å². The van der Waals surface area contributed by atoms with Gasteiger partial charge in [-0.3, -0.25) is 4.68 Å². The summed E-state index contributed by atoms with van der Waals surface area (Å²) < 4.78 is 13.0. The van der Waals surface area contributed by atoms with E-state index in [1.54, 1.807) is 0 Å². The lowest BCUT2D eigenvalue weighted by atomic mass is 10.1. The Hall–Kier alpha value is -2.34. The summed E-state index contributed by atoms with van der Waals surface area (Å²) in [6.07, 6.45) is 0. The van der Waals surface area contributed by atoms with Crippen LogP contribution in [0.4, 0.5) is 0 Å². The molecule has 2 aromatic carbocycles. The van der Waals surface area contributed by atoms with Gasteiger partial charge < -0.3 is 14.6 Å². The molecule has 27 heavy (non-hydrogen) atoms. The molecule has 0 atom stereocenters. The molecule has 1 fully saturated rings. The minimum absolute atomic E-state index is 0.111. The van der Waals surface area contributed by atoms with Crippen LogP contribution in [0.25, 0.3) is 11.3 Å². The summed E-state index contributed by atoms with van der Waals surface area (Å²) in [5, 5.41) is 14.8. The van der Waals surface area contributed by atoms with Crippen molar-refractivity contribution in [1.82, 2.24) is 9.78 Å². The number of hydrogen-bond acceptors (Lipinski definition) is 4. The van der Waals surface area contributed by atoms with Gasteiger partial charge >= 0.3 is 0 Å². The molecular weight excluding hydrogens is 364 g/mol. The average molecular weight is 385 g/mol. The van der Waals surface area contributed by atoms with E-state index in [2.05, 4.69) is 5.10 Å². The first-order chi connectivity index (χ1) is 13.2. The van der Waals surface area contributed by atoms with Crippen molar-refractivity contribution in [2.45, 2.75) is 13.2 Å². The zero-order valence-electron chi connectivity index (χ0n) is 14.8. The number of halogens is 1. The van der Waals surface area contributed by atoms with Crippen LogP contribution in [0.3, 0.4) is 0 Å². The van der Waals surface area contributed by atoms with Gasteiger partial charge in [0.05, 0.1) is 44.4 Å². The fourth-order valence-electron chi connectivity index (χ4n) is 3.03. The molecule has 0 unspecified atom stereocenters. The fourth-order valence-corrected chi connectivity index (χ4v) is 3.22. The minimum atomic E-state index is -0.111. The molecule has 3 aromatic rings. The molecule has 2 heterocycles. The monoisotopic (exact) mass is 384 g/mol. The minimum Gasteiger partial charge on any atom is -0.493 e. The Bertz CT molecular complexity index is 921. The molecule has 1 N–H and O–H groups in total. The van der Waals surface area contributed by atoms with Crippen LogP contribution in [-0.2, 0) is 17.9 Å². The van der Waals surface area contributed by atoms with Crippen LogP contribution in [0, 0.1) is 5.92 Å². The third-order valence-corrected chi connectivity index (χ3v) is 4.96. The Morgan fingerprint density at radius 1 is 1.15 bits per heavy atom. The second-order valence-electron chi connectivity index (χ2n) is 6.67. The lowest BCUT2D eigenvalue weighted by molar-refractivity contribution is -0.0508. The van der Waals surface area contributed by atoms with Crippen molar-refractivity contribution >= 4 is 11.6 Å². The van der Waals surface area contributed by atoms with Gasteiger partial charge in [-0.1, -0.05) is 41.9 Å². The largest absolute Gasteiger partial charge is 0.493 e. The summed E-state index contributed by atoms with van der Waals surface area (Å²) in [5.74, 6) is 1.29. The quantitative estimate of drug-likeness (QED) is 0.673. The molecule has 6 heteroatoms. The lowest BCUT2D eigenvalue weighted by Gasteiger charge is -2.25. The maximum Gasteiger partial charge on any atom is 0.119 e. The van der Waals surface area contributed by atoms with Crippen molar-refractivity contribution in [3.63, 3.8) is 0 Å². The van der Waals surface area contributed by atoms with E-state index in [0.717, 1.165) is 35.8 Å². The van der Waals surface area contributed by atoms with Crippen LogP contribution in [-0.4, -0.2) is 34.7 Å². The van der Waals surface area contributed by atoms with Crippen LogP contribution in [0.2, 0.25) is 5.02 Å². The molecule has 140 valence electrons. The normalized spacial score (nSPS) is 14.1. The summed E-state index contributed by atoms with van der Waals surface area (Å²) >= 11 is 6.31. The van der Waals surface area contributed by atoms with Gasteiger partial charge in [0.15, 0.2) is 0 Å². The van der Waals surface area contributed by atoms with Crippen molar-refractivity contribution in [1.29, 1.82) is 0 Å². The van der Waals surface area contributed by atoms with E-state index in [1.807, 2.05) is 59.3 Å². The molecular formula is C21H21ClN2O3. The number of ether oxygens (including phenoxy) is 2.